The third-order valence-corrected chi connectivity index (χ3v) is 2.87. The number of hydrogen-bond donors (Lipinski definition) is 1. The van der Waals surface area contributed by atoms with Crippen LogP contribution in [0.2, 0.25) is 0 Å². The quantitative estimate of drug-likeness (QED) is 0.887. The molecule has 6 heteroatoms. The molecule has 2 N–H and O–H groups in total. The highest BCUT2D eigenvalue weighted by Crippen LogP contribution is 2.21. The van der Waals surface area contributed by atoms with Crippen molar-refractivity contribution in [2.24, 2.45) is 0 Å². The molecule has 0 unspecified atom stereocenters. The van der Waals surface area contributed by atoms with Gasteiger partial charge in [0.2, 0.25) is 5.88 Å². The Morgan fingerprint density at radius 1 is 1.26 bits per heavy atom. The zero-order valence-corrected chi connectivity index (χ0v) is 11.6. The standard InChI is InChI=1S/C13H19N5O/c1-4-9-12(14)10(5-2)18(17-9)13-15-8-7-11(16-13)19-6-3/h7-8H,4-6,14H2,1-3H3. The molecule has 0 aliphatic rings. The van der Waals surface area contributed by atoms with E-state index in [1.54, 1.807) is 16.9 Å². The van der Waals surface area contributed by atoms with Crippen LogP contribution in [0.4, 0.5) is 5.69 Å². The normalized spacial score (nSPS) is 10.7. The first-order valence-electron chi connectivity index (χ1n) is 6.53. The van der Waals surface area contributed by atoms with Crippen LogP contribution in [0.1, 0.15) is 32.2 Å². The largest absolute Gasteiger partial charge is 0.478 e. The summed E-state index contributed by atoms with van der Waals surface area (Å²) in [7, 11) is 0. The molecule has 2 aromatic rings. The number of ether oxygens (including phenoxy) is 1. The average Bonchev–Trinajstić information content (AvgIpc) is 2.75. The zero-order valence-electron chi connectivity index (χ0n) is 11.6. The van der Waals surface area contributed by atoms with Gasteiger partial charge in [-0.15, -0.1) is 0 Å². The summed E-state index contributed by atoms with van der Waals surface area (Å²) in [6.07, 6.45) is 3.23. The van der Waals surface area contributed by atoms with Gasteiger partial charge in [-0.3, -0.25) is 0 Å². The zero-order chi connectivity index (χ0) is 13.8. The summed E-state index contributed by atoms with van der Waals surface area (Å²) in [6.45, 7) is 6.55. The van der Waals surface area contributed by atoms with E-state index < -0.39 is 0 Å². The summed E-state index contributed by atoms with van der Waals surface area (Å²) in [6, 6.07) is 1.73. The lowest BCUT2D eigenvalue weighted by atomic mass is 10.2. The third-order valence-electron chi connectivity index (χ3n) is 2.87. The molecule has 2 aromatic heterocycles. The van der Waals surface area contributed by atoms with Crippen molar-refractivity contribution in [1.29, 1.82) is 0 Å². The SMILES string of the molecule is CCOc1ccnc(-n2nc(CC)c(N)c2CC)n1. The molecule has 2 rings (SSSR count). The van der Waals surface area contributed by atoms with Gasteiger partial charge < -0.3 is 10.5 Å². The molecule has 0 aromatic carbocycles. The highest BCUT2D eigenvalue weighted by molar-refractivity contribution is 5.50. The van der Waals surface area contributed by atoms with Crippen molar-refractivity contribution in [3.63, 3.8) is 0 Å². The van der Waals surface area contributed by atoms with Crippen molar-refractivity contribution in [2.45, 2.75) is 33.6 Å². The molecule has 0 atom stereocenters. The Kier molecular flexibility index (Phi) is 3.99. The highest BCUT2D eigenvalue weighted by Gasteiger charge is 2.15. The summed E-state index contributed by atoms with van der Waals surface area (Å²) in [5.41, 5.74) is 8.63. The predicted molar refractivity (Wildman–Crippen MR) is 73.5 cm³/mol. The van der Waals surface area contributed by atoms with Crippen LogP contribution in [-0.4, -0.2) is 26.4 Å². The summed E-state index contributed by atoms with van der Waals surface area (Å²) in [5, 5.41) is 4.48. The summed E-state index contributed by atoms with van der Waals surface area (Å²) >= 11 is 0. The van der Waals surface area contributed by atoms with Crippen LogP contribution in [-0.2, 0) is 12.8 Å². The van der Waals surface area contributed by atoms with E-state index in [1.807, 2.05) is 20.8 Å². The number of nitrogen functional groups attached to an aromatic ring is 1. The van der Waals surface area contributed by atoms with E-state index in [2.05, 4.69) is 15.1 Å². The summed E-state index contributed by atoms with van der Waals surface area (Å²) < 4.78 is 7.09. The summed E-state index contributed by atoms with van der Waals surface area (Å²) in [5.74, 6) is 1.04. The monoisotopic (exact) mass is 261 g/mol. The minimum atomic E-state index is 0.495. The van der Waals surface area contributed by atoms with Gasteiger partial charge in [0.05, 0.1) is 23.7 Å². The number of aromatic nitrogens is 4. The average molecular weight is 261 g/mol. The number of nitrogens with two attached hydrogens (primary N) is 1. The molecule has 0 aliphatic heterocycles. The Morgan fingerprint density at radius 3 is 2.68 bits per heavy atom. The second-order valence-electron chi connectivity index (χ2n) is 4.05. The maximum absolute atomic E-state index is 6.09. The van der Waals surface area contributed by atoms with Crippen molar-refractivity contribution in [3.05, 3.63) is 23.7 Å². The van der Waals surface area contributed by atoms with Gasteiger partial charge in [-0.05, 0) is 19.8 Å². The van der Waals surface area contributed by atoms with E-state index in [-0.39, 0.29) is 0 Å². The van der Waals surface area contributed by atoms with Crippen LogP contribution in [0.15, 0.2) is 12.3 Å². The number of aryl methyl sites for hydroxylation is 1. The van der Waals surface area contributed by atoms with Crippen molar-refractivity contribution >= 4 is 5.69 Å². The van der Waals surface area contributed by atoms with Gasteiger partial charge in [0.25, 0.3) is 5.95 Å². The molecule has 0 bridgehead atoms. The van der Waals surface area contributed by atoms with Gasteiger partial charge in [0.1, 0.15) is 0 Å². The van der Waals surface area contributed by atoms with E-state index in [4.69, 9.17) is 10.5 Å². The molecule has 0 saturated carbocycles. The molecule has 0 saturated heterocycles. The van der Waals surface area contributed by atoms with Crippen molar-refractivity contribution in [2.75, 3.05) is 12.3 Å². The molecule has 0 spiro atoms. The molecule has 19 heavy (non-hydrogen) atoms. The number of anilines is 1. The van der Waals surface area contributed by atoms with Gasteiger partial charge in [-0.25, -0.2) is 9.67 Å². The first-order valence-corrected chi connectivity index (χ1v) is 6.53. The molecule has 102 valence electrons. The van der Waals surface area contributed by atoms with E-state index in [9.17, 15) is 0 Å². The Morgan fingerprint density at radius 2 is 2.05 bits per heavy atom. The highest BCUT2D eigenvalue weighted by atomic mass is 16.5. The van der Waals surface area contributed by atoms with E-state index in [0.29, 0.717) is 18.4 Å². The van der Waals surface area contributed by atoms with Crippen LogP contribution in [0.3, 0.4) is 0 Å². The molecule has 2 heterocycles. The van der Waals surface area contributed by atoms with Crippen LogP contribution < -0.4 is 10.5 Å². The number of rotatable bonds is 5. The van der Waals surface area contributed by atoms with Crippen molar-refractivity contribution in [3.8, 4) is 11.8 Å². The van der Waals surface area contributed by atoms with Crippen LogP contribution in [0.25, 0.3) is 5.95 Å². The second-order valence-corrected chi connectivity index (χ2v) is 4.05. The molecule has 0 amide bonds. The Bertz CT molecular complexity index is 564. The van der Waals surface area contributed by atoms with Gasteiger partial charge in [0.15, 0.2) is 0 Å². The van der Waals surface area contributed by atoms with E-state index in [0.717, 1.165) is 29.9 Å². The van der Waals surface area contributed by atoms with Crippen molar-refractivity contribution in [1.82, 2.24) is 19.7 Å². The third kappa shape index (κ3) is 2.52. The van der Waals surface area contributed by atoms with Crippen molar-refractivity contribution < 1.29 is 4.74 Å². The van der Waals surface area contributed by atoms with Crippen LogP contribution in [0, 0.1) is 0 Å². The lowest BCUT2D eigenvalue weighted by molar-refractivity contribution is 0.325. The fraction of sp³-hybridized carbons (Fsp3) is 0.462. The Labute approximate surface area is 112 Å². The number of nitrogens with zero attached hydrogens (tertiary/aromatic N) is 4. The number of hydrogen-bond acceptors (Lipinski definition) is 5. The van der Waals surface area contributed by atoms with E-state index >= 15 is 0 Å². The topological polar surface area (TPSA) is 78.8 Å². The van der Waals surface area contributed by atoms with Gasteiger partial charge in [0, 0.05) is 12.3 Å². The molecule has 0 radical (unpaired) electrons. The van der Waals surface area contributed by atoms with Crippen LogP contribution in [0.5, 0.6) is 5.88 Å². The molecule has 0 fully saturated rings. The first kappa shape index (κ1) is 13.3. The fourth-order valence-corrected chi connectivity index (χ4v) is 1.95. The minimum absolute atomic E-state index is 0.495. The minimum Gasteiger partial charge on any atom is -0.478 e. The predicted octanol–water partition coefficient (Wildman–Crippen LogP) is 1.77. The maximum Gasteiger partial charge on any atom is 0.254 e. The Balaban J connectivity index is 2.48. The molecule has 0 aliphatic carbocycles. The molecule has 6 nitrogen and oxygen atoms in total. The van der Waals surface area contributed by atoms with Gasteiger partial charge >= 0.3 is 0 Å². The second kappa shape index (κ2) is 5.69. The van der Waals surface area contributed by atoms with Gasteiger partial charge in [-0.1, -0.05) is 13.8 Å². The smallest absolute Gasteiger partial charge is 0.254 e. The lowest BCUT2D eigenvalue weighted by Crippen LogP contribution is -2.08. The molecular weight excluding hydrogens is 242 g/mol. The molecular formula is C13H19N5O. The van der Waals surface area contributed by atoms with Gasteiger partial charge in [-0.2, -0.15) is 10.1 Å². The fourth-order valence-electron chi connectivity index (χ4n) is 1.95. The van der Waals surface area contributed by atoms with E-state index in [1.165, 1.54) is 0 Å². The Hall–Kier alpha value is -2.11. The lowest BCUT2D eigenvalue weighted by Gasteiger charge is -2.06. The summed E-state index contributed by atoms with van der Waals surface area (Å²) in [4.78, 5) is 8.58. The van der Waals surface area contributed by atoms with Crippen LogP contribution >= 0.6 is 0 Å². The first-order chi connectivity index (χ1) is 9.21. The maximum atomic E-state index is 6.09.